The summed E-state index contributed by atoms with van der Waals surface area (Å²) in [5.41, 5.74) is -0.412. The number of rotatable bonds is 5. The Hall–Kier alpha value is -0.810. The van der Waals surface area contributed by atoms with Crippen molar-refractivity contribution in [3.63, 3.8) is 0 Å². The summed E-state index contributed by atoms with van der Waals surface area (Å²) in [5.74, 6) is 0. The monoisotopic (exact) mass is 284 g/mol. The van der Waals surface area contributed by atoms with Gasteiger partial charge in [-0.15, -0.1) is 0 Å². The molecule has 0 spiro atoms. The van der Waals surface area contributed by atoms with Crippen LogP contribution in [0, 0.1) is 0 Å². The van der Waals surface area contributed by atoms with Gasteiger partial charge in [0.05, 0.1) is 12.7 Å². The van der Waals surface area contributed by atoms with E-state index in [2.05, 4.69) is 5.32 Å². The van der Waals surface area contributed by atoms with Crippen LogP contribution in [0.5, 0.6) is 0 Å². The molecule has 116 valence electrons. The molecule has 2 aliphatic rings. The average molecular weight is 284 g/mol. The van der Waals surface area contributed by atoms with Gasteiger partial charge in [0.25, 0.3) is 0 Å². The molecule has 5 nitrogen and oxygen atoms in total. The fraction of sp³-hybridized carbons (Fsp3) is 0.933. The van der Waals surface area contributed by atoms with Gasteiger partial charge < -0.3 is 19.7 Å². The summed E-state index contributed by atoms with van der Waals surface area (Å²) in [6.07, 6.45) is 5.33. The highest BCUT2D eigenvalue weighted by Gasteiger charge is 2.33. The van der Waals surface area contributed by atoms with E-state index >= 15 is 0 Å². The normalized spacial score (nSPS) is 21.1. The summed E-state index contributed by atoms with van der Waals surface area (Å²) in [4.78, 5) is 13.5. The number of carbonyl (C=O) groups excluding carboxylic acids is 1. The Bertz CT molecular complexity index is 316. The predicted octanol–water partition coefficient (Wildman–Crippen LogP) is 2.15. The van der Waals surface area contributed by atoms with Gasteiger partial charge in [0, 0.05) is 25.7 Å². The lowest BCUT2D eigenvalue weighted by atomic mass is 10.1. The molecule has 0 aromatic carbocycles. The van der Waals surface area contributed by atoms with E-state index in [0.717, 1.165) is 26.2 Å². The molecule has 2 fully saturated rings. The van der Waals surface area contributed by atoms with Crippen LogP contribution in [0.4, 0.5) is 4.79 Å². The molecule has 1 aliphatic heterocycles. The molecule has 5 heteroatoms. The van der Waals surface area contributed by atoms with Crippen molar-refractivity contribution in [3.8, 4) is 0 Å². The zero-order valence-corrected chi connectivity index (χ0v) is 13.0. The Labute approximate surface area is 122 Å². The first-order valence-electron chi connectivity index (χ1n) is 7.77. The summed E-state index contributed by atoms with van der Waals surface area (Å²) in [7, 11) is 0. The minimum absolute atomic E-state index is 0.210. The number of likely N-dealkylation sites (tertiary alicyclic amines) is 1. The van der Waals surface area contributed by atoms with Gasteiger partial charge in [0.15, 0.2) is 0 Å². The summed E-state index contributed by atoms with van der Waals surface area (Å²) >= 11 is 0. The van der Waals surface area contributed by atoms with E-state index in [1.54, 1.807) is 4.90 Å². The molecule has 0 aromatic rings. The Balaban J connectivity index is 1.50. The van der Waals surface area contributed by atoms with E-state index in [9.17, 15) is 4.79 Å². The fourth-order valence-electron chi connectivity index (χ4n) is 2.63. The van der Waals surface area contributed by atoms with Crippen molar-refractivity contribution in [3.05, 3.63) is 0 Å². The van der Waals surface area contributed by atoms with Crippen LogP contribution in [-0.2, 0) is 9.47 Å². The first-order chi connectivity index (χ1) is 9.44. The average Bonchev–Trinajstić information content (AvgIpc) is 2.76. The van der Waals surface area contributed by atoms with Crippen molar-refractivity contribution >= 4 is 6.09 Å². The highest BCUT2D eigenvalue weighted by atomic mass is 16.6. The fourth-order valence-corrected chi connectivity index (χ4v) is 2.63. The number of hydrogen-bond acceptors (Lipinski definition) is 4. The van der Waals surface area contributed by atoms with Gasteiger partial charge in [-0.3, -0.25) is 0 Å². The Kier molecular flexibility index (Phi) is 5.27. The molecule has 2 rings (SSSR count). The lowest BCUT2D eigenvalue weighted by molar-refractivity contribution is 0.00349. The molecule has 0 bridgehead atoms. The quantitative estimate of drug-likeness (QED) is 0.786. The number of hydrogen-bond donors (Lipinski definition) is 1. The van der Waals surface area contributed by atoms with Crippen LogP contribution in [0.25, 0.3) is 0 Å². The third-order valence-electron chi connectivity index (χ3n) is 3.72. The van der Waals surface area contributed by atoms with Crippen LogP contribution in [0.2, 0.25) is 0 Å². The van der Waals surface area contributed by atoms with Gasteiger partial charge in [-0.05, 0) is 33.6 Å². The maximum Gasteiger partial charge on any atom is 0.410 e. The van der Waals surface area contributed by atoms with Gasteiger partial charge in [-0.2, -0.15) is 0 Å². The minimum atomic E-state index is -0.412. The Morgan fingerprint density at radius 2 is 1.90 bits per heavy atom. The maximum atomic E-state index is 11.7. The number of ether oxygens (including phenoxy) is 2. The van der Waals surface area contributed by atoms with E-state index in [1.165, 1.54) is 25.7 Å². The van der Waals surface area contributed by atoms with Crippen LogP contribution < -0.4 is 5.32 Å². The topological polar surface area (TPSA) is 50.8 Å². The van der Waals surface area contributed by atoms with E-state index in [4.69, 9.17) is 9.47 Å². The van der Waals surface area contributed by atoms with E-state index in [0.29, 0.717) is 12.1 Å². The zero-order valence-electron chi connectivity index (χ0n) is 13.0. The third-order valence-corrected chi connectivity index (χ3v) is 3.72. The molecule has 1 heterocycles. The van der Waals surface area contributed by atoms with Gasteiger partial charge in [-0.25, -0.2) is 4.79 Å². The number of nitrogens with zero attached hydrogens (tertiary/aromatic N) is 1. The Morgan fingerprint density at radius 3 is 2.50 bits per heavy atom. The minimum Gasteiger partial charge on any atom is -0.444 e. The molecule has 0 atom stereocenters. The summed E-state index contributed by atoms with van der Waals surface area (Å²) in [6, 6.07) is 0.384. The summed E-state index contributed by atoms with van der Waals surface area (Å²) in [5, 5.41) is 3.42. The first-order valence-corrected chi connectivity index (χ1v) is 7.77. The van der Waals surface area contributed by atoms with Crippen molar-refractivity contribution in [2.45, 2.75) is 64.2 Å². The van der Waals surface area contributed by atoms with Crippen LogP contribution in [0.15, 0.2) is 0 Å². The third kappa shape index (κ3) is 4.94. The van der Waals surface area contributed by atoms with E-state index in [-0.39, 0.29) is 6.09 Å². The van der Waals surface area contributed by atoms with Gasteiger partial charge in [0.1, 0.15) is 5.60 Å². The SMILES string of the molecule is CC(C)(C)OC(=O)N1CC(NCCOC2CCCC2)C1. The molecule has 0 radical (unpaired) electrons. The van der Waals surface area contributed by atoms with Gasteiger partial charge in [-0.1, -0.05) is 12.8 Å². The van der Waals surface area contributed by atoms with Crippen molar-refractivity contribution in [2.75, 3.05) is 26.2 Å². The summed E-state index contributed by atoms with van der Waals surface area (Å²) < 4.78 is 11.1. The van der Waals surface area contributed by atoms with Crippen LogP contribution in [-0.4, -0.2) is 55.0 Å². The highest BCUT2D eigenvalue weighted by molar-refractivity contribution is 5.69. The second-order valence-electron chi connectivity index (χ2n) is 6.81. The number of nitrogens with one attached hydrogen (secondary N) is 1. The lowest BCUT2D eigenvalue weighted by Crippen LogP contribution is -2.60. The number of amides is 1. The smallest absolute Gasteiger partial charge is 0.410 e. The first kappa shape index (κ1) is 15.6. The standard InChI is InChI=1S/C15H28N2O3/c1-15(2,3)20-14(18)17-10-12(11-17)16-8-9-19-13-6-4-5-7-13/h12-13,16H,4-11H2,1-3H3. The van der Waals surface area contributed by atoms with E-state index in [1.807, 2.05) is 20.8 Å². The predicted molar refractivity (Wildman–Crippen MR) is 77.8 cm³/mol. The van der Waals surface area contributed by atoms with Crippen molar-refractivity contribution in [2.24, 2.45) is 0 Å². The maximum absolute atomic E-state index is 11.7. The second kappa shape index (κ2) is 6.76. The molecule has 1 saturated carbocycles. The molecule has 1 amide bonds. The van der Waals surface area contributed by atoms with Gasteiger partial charge in [0.2, 0.25) is 0 Å². The van der Waals surface area contributed by atoms with Crippen molar-refractivity contribution < 1.29 is 14.3 Å². The molecule has 20 heavy (non-hydrogen) atoms. The van der Waals surface area contributed by atoms with Crippen LogP contribution in [0.3, 0.4) is 0 Å². The van der Waals surface area contributed by atoms with Crippen molar-refractivity contribution in [1.29, 1.82) is 0 Å². The molecule has 1 saturated heterocycles. The highest BCUT2D eigenvalue weighted by Crippen LogP contribution is 2.20. The molecular weight excluding hydrogens is 256 g/mol. The zero-order chi connectivity index (χ0) is 14.6. The summed E-state index contributed by atoms with van der Waals surface area (Å²) in [6.45, 7) is 8.77. The molecule has 1 aliphatic carbocycles. The van der Waals surface area contributed by atoms with Gasteiger partial charge >= 0.3 is 6.09 Å². The molecular formula is C15H28N2O3. The van der Waals surface area contributed by atoms with Crippen molar-refractivity contribution in [1.82, 2.24) is 10.2 Å². The molecule has 0 unspecified atom stereocenters. The number of carbonyl (C=O) groups is 1. The molecule has 0 aromatic heterocycles. The Morgan fingerprint density at radius 1 is 1.25 bits per heavy atom. The second-order valence-corrected chi connectivity index (χ2v) is 6.81. The van der Waals surface area contributed by atoms with Crippen LogP contribution >= 0.6 is 0 Å². The largest absolute Gasteiger partial charge is 0.444 e. The molecule has 1 N–H and O–H groups in total. The lowest BCUT2D eigenvalue weighted by Gasteiger charge is -2.40. The van der Waals surface area contributed by atoms with E-state index < -0.39 is 5.60 Å². The van der Waals surface area contributed by atoms with Crippen LogP contribution in [0.1, 0.15) is 46.5 Å².